The second-order valence-electron chi connectivity index (χ2n) is 7.67. The van der Waals surface area contributed by atoms with Gasteiger partial charge in [0.1, 0.15) is 6.61 Å². The third kappa shape index (κ3) is 5.01. The van der Waals surface area contributed by atoms with Crippen LogP contribution in [0.2, 0.25) is 0 Å². The van der Waals surface area contributed by atoms with E-state index in [1.807, 2.05) is 44.2 Å². The van der Waals surface area contributed by atoms with Crippen LogP contribution < -0.4 is 0 Å². The normalized spacial score (nSPS) is 25.6. The summed E-state index contributed by atoms with van der Waals surface area (Å²) in [6, 6.07) is 9.68. The third-order valence-corrected chi connectivity index (χ3v) is 5.41. The van der Waals surface area contributed by atoms with Gasteiger partial charge in [-0.1, -0.05) is 30.3 Å². The Kier molecular flexibility index (Phi) is 6.37. The second kappa shape index (κ2) is 8.74. The van der Waals surface area contributed by atoms with E-state index in [4.69, 9.17) is 14.2 Å². The van der Waals surface area contributed by atoms with E-state index >= 15 is 0 Å². The van der Waals surface area contributed by atoms with Gasteiger partial charge in [0.05, 0.1) is 24.2 Å². The van der Waals surface area contributed by atoms with Crippen LogP contribution in [0.15, 0.2) is 30.3 Å². The molecule has 1 aromatic carbocycles. The summed E-state index contributed by atoms with van der Waals surface area (Å²) in [5, 5.41) is 0. The molecule has 148 valence electrons. The van der Waals surface area contributed by atoms with Crippen LogP contribution in [0.25, 0.3) is 0 Å². The van der Waals surface area contributed by atoms with Gasteiger partial charge in [0.15, 0.2) is 0 Å². The maximum absolute atomic E-state index is 12.2. The average molecular weight is 375 g/mol. The van der Waals surface area contributed by atoms with E-state index in [1.54, 1.807) is 4.90 Å². The molecule has 1 saturated carbocycles. The standard InChI is InChI=1S/C21H29NO5/c1-3-25-19(23)21(2)13-18(14-21)27-17-9-11-22(12-10-17)20(24)26-15-16-7-5-4-6-8-16/h4-8,17-18H,3,9-15H2,1-2H3. The number of amides is 1. The van der Waals surface area contributed by atoms with E-state index < -0.39 is 5.41 Å². The Hall–Kier alpha value is -2.08. The fourth-order valence-electron chi connectivity index (χ4n) is 3.77. The van der Waals surface area contributed by atoms with E-state index in [-0.39, 0.29) is 24.3 Å². The van der Waals surface area contributed by atoms with Gasteiger partial charge in [0.2, 0.25) is 0 Å². The van der Waals surface area contributed by atoms with Crippen LogP contribution in [0.4, 0.5) is 4.79 Å². The maximum atomic E-state index is 12.2. The summed E-state index contributed by atoms with van der Waals surface area (Å²) < 4.78 is 16.6. The first-order chi connectivity index (χ1) is 13.0. The predicted octanol–water partition coefficient (Wildman–Crippen LogP) is 3.54. The molecule has 1 saturated heterocycles. The molecule has 2 fully saturated rings. The molecule has 6 nitrogen and oxygen atoms in total. The number of benzene rings is 1. The molecule has 0 atom stereocenters. The van der Waals surface area contributed by atoms with Crippen LogP contribution in [0.5, 0.6) is 0 Å². The molecule has 0 N–H and O–H groups in total. The molecular weight excluding hydrogens is 346 g/mol. The number of piperidine rings is 1. The number of likely N-dealkylation sites (tertiary alicyclic amines) is 1. The number of hydrogen-bond donors (Lipinski definition) is 0. The Morgan fingerprint density at radius 1 is 1.07 bits per heavy atom. The molecule has 0 unspecified atom stereocenters. The van der Waals surface area contributed by atoms with Crippen LogP contribution in [-0.4, -0.2) is 48.9 Å². The molecule has 0 radical (unpaired) electrons. The molecule has 1 aliphatic heterocycles. The van der Waals surface area contributed by atoms with Gasteiger partial charge in [-0.25, -0.2) is 4.79 Å². The molecule has 0 bridgehead atoms. The predicted molar refractivity (Wildman–Crippen MR) is 100 cm³/mol. The van der Waals surface area contributed by atoms with E-state index in [9.17, 15) is 9.59 Å². The number of carbonyl (C=O) groups excluding carboxylic acids is 2. The second-order valence-corrected chi connectivity index (χ2v) is 7.67. The number of carbonyl (C=O) groups is 2. The first-order valence-electron chi connectivity index (χ1n) is 9.78. The van der Waals surface area contributed by atoms with Crippen molar-refractivity contribution in [3.63, 3.8) is 0 Å². The Labute approximate surface area is 160 Å². The monoisotopic (exact) mass is 375 g/mol. The third-order valence-electron chi connectivity index (χ3n) is 5.41. The van der Waals surface area contributed by atoms with E-state index in [0.717, 1.165) is 18.4 Å². The van der Waals surface area contributed by atoms with E-state index in [2.05, 4.69) is 0 Å². The summed E-state index contributed by atoms with van der Waals surface area (Å²) in [4.78, 5) is 25.9. The van der Waals surface area contributed by atoms with Gasteiger partial charge in [-0.2, -0.15) is 0 Å². The SMILES string of the molecule is CCOC(=O)C1(C)CC(OC2CCN(C(=O)OCc3ccccc3)CC2)C1. The zero-order valence-electron chi connectivity index (χ0n) is 16.2. The molecule has 1 heterocycles. The molecule has 2 aliphatic rings. The lowest BCUT2D eigenvalue weighted by molar-refractivity contribution is -0.177. The van der Waals surface area contributed by atoms with Crippen molar-refractivity contribution in [3.05, 3.63) is 35.9 Å². The minimum atomic E-state index is -0.400. The van der Waals surface area contributed by atoms with Gasteiger partial charge in [-0.15, -0.1) is 0 Å². The zero-order valence-corrected chi connectivity index (χ0v) is 16.2. The van der Waals surface area contributed by atoms with Crippen LogP contribution in [0, 0.1) is 5.41 Å². The highest BCUT2D eigenvalue weighted by Crippen LogP contribution is 2.44. The molecule has 1 amide bonds. The number of ether oxygens (including phenoxy) is 3. The van der Waals surface area contributed by atoms with Crippen molar-refractivity contribution in [1.82, 2.24) is 4.90 Å². The van der Waals surface area contributed by atoms with Crippen molar-refractivity contribution in [3.8, 4) is 0 Å². The fraction of sp³-hybridized carbons (Fsp3) is 0.619. The molecule has 0 aromatic heterocycles. The van der Waals surface area contributed by atoms with Crippen molar-refractivity contribution in [1.29, 1.82) is 0 Å². The Bertz CT molecular complexity index is 633. The van der Waals surface area contributed by atoms with Gasteiger partial charge in [0.25, 0.3) is 0 Å². The van der Waals surface area contributed by atoms with Crippen LogP contribution in [0.3, 0.4) is 0 Å². The summed E-state index contributed by atoms with van der Waals surface area (Å²) >= 11 is 0. The van der Waals surface area contributed by atoms with E-state index in [1.165, 1.54) is 0 Å². The lowest BCUT2D eigenvalue weighted by Crippen LogP contribution is -2.49. The molecule has 1 aromatic rings. The largest absolute Gasteiger partial charge is 0.466 e. The van der Waals surface area contributed by atoms with Gasteiger partial charge in [-0.05, 0) is 45.1 Å². The lowest BCUT2D eigenvalue weighted by Gasteiger charge is -2.44. The van der Waals surface area contributed by atoms with Gasteiger partial charge in [0, 0.05) is 13.1 Å². The highest BCUT2D eigenvalue weighted by molar-refractivity contribution is 5.77. The molecule has 1 aliphatic carbocycles. The van der Waals surface area contributed by atoms with Crippen LogP contribution >= 0.6 is 0 Å². The quantitative estimate of drug-likeness (QED) is 0.712. The van der Waals surface area contributed by atoms with Crippen molar-refractivity contribution in [2.45, 2.75) is 58.3 Å². The Balaban J connectivity index is 1.35. The summed E-state index contributed by atoms with van der Waals surface area (Å²) in [7, 11) is 0. The van der Waals surface area contributed by atoms with Crippen molar-refractivity contribution < 1.29 is 23.8 Å². The average Bonchev–Trinajstić information content (AvgIpc) is 2.66. The van der Waals surface area contributed by atoms with Gasteiger partial charge >= 0.3 is 12.1 Å². The van der Waals surface area contributed by atoms with E-state index in [0.29, 0.717) is 39.1 Å². The minimum Gasteiger partial charge on any atom is -0.466 e. The summed E-state index contributed by atoms with van der Waals surface area (Å²) in [6.07, 6.45) is 3.01. The first kappa shape index (κ1) is 19.7. The smallest absolute Gasteiger partial charge is 0.410 e. The van der Waals surface area contributed by atoms with Crippen molar-refractivity contribution >= 4 is 12.1 Å². The van der Waals surface area contributed by atoms with Crippen LogP contribution in [-0.2, 0) is 25.6 Å². The number of esters is 1. The van der Waals surface area contributed by atoms with Crippen LogP contribution in [0.1, 0.15) is 45.1 Å². The number of nitrogens with zero attached hydrogens (tertiary/aromatic N) is 1. The number of rotatable bonds is 6. The topological polar surface area (TPSA) is 65.1 Å². The zero-order chi connectivity index (χ0) is 19.3. The summed E-state index contributed by atoms with van der Waals surface area (Å²) in [5.41, 5.74) is 0.585. The Morgan fingerprint density at radius 2 is 1.74 bits per heavy atom. The van der Waals surface area contributed by atoms with Gasteiger partial charge < -0.3 is 19.1 Å². The van der Waals surface area contributed by atoms with Crippen molar-refractivity contribution in [2.24, 2.45) is 5.41 Å². The Morgan fingerprint density at radius 3 is 2.37 bits per heavy atom. The highest BCUT2D eigenvalue weighted by Gasteiger charge is 2.48. The minimum absolute atomic E-state index is 0.112. The summed E-state index contributed by atoms with van der Waals surface area (Å²) in [5.74, 6) is -0.124. The fourth-order valence-corrected chi connectivity index (χ4v) is 3.77. The molecular formula is C21H29NO5. The molecule has 3 rings (SSSR count). The first-order valence-corrected chi connectivity index (χ1v) is 9.78. The highest BCUT2D eigenvalue weighted by atomic mass is 16.6. The molecule has 0 spiro atoms. The molecule has 27 heavy (non-hydrogen) atoms. The summed E-state index contributed by atoms with van der Waals surface area (Å²) in [6.45, 7) is 5.76. The maximum Gasteiger partial charge on any atom is 0.410 e. The van der Waals surface area contributed by atoms with Crippen molar-refractivity contribution in [2.75, 3.05) is 19.7 Å². The van der Waals surface area contributed by atoms with Gasteiger partial charge in [-0.3, -0.25) is 4.79 Å². The lowest BCUT2D eigenvalue weighted by atomic mass is 9.68. The number of hydrogen-bond acceptors (Lipinski definition) is 5. The molecule has 6 heteroatoms.